The molecule has 100 valence electrons. The number of nitrogens with one attached hydrogen (secondary N) is 1. The number of H-pyrrole nitrogens is 1. The molecule has 4 nitrogen and oxygen atoms in total. The number of nitrogens with zero attached hydrogens (tertiary/aromatic N) is 2. The van der Waals surface area contributed by atoms with E-state index >= 15 is 0 Å². The van der Waals surface area contributed by atoms with Crippen LogP contribution in [0.2, 0.25) is 0 Å². The minimum Gasteiger partial charge on any atom is -0.382 e. The van der Waals surface area contributed by atoms with Crippen molar-refractivity contribution in [3.8, 4) is 22.4 Å². The average Bonchev–Trinajstić information content (AvgIpc) is 2.80. The first-order valence-electron chi connectivity index (χ1n) is 6.17. The summed E-state index contributed by atoms with van der Waals surface area (Å²) < 4.78 is 13.4. The van der Waals surface area contributed by atoms with Crippen molar-refractivity contribution in [1.82, 2.24) is 15.2 Å². The van der Waals surface area contributed by atoms with Gasteiger partial charge in [0, 0.05) is 18.0 Å². The minimum absolute atomic E-state index is 0.309. The fraction of sp³-hybridized carbons (Fsp3) is 0.0667. The number of aromatic nitrogens is 3. The Morgan fingerprint density at radius 2 is 2.00 bits per heavy atom. The Labute approximate surface area is 115 Å². The molecule has 5 heteroatoms. The predicted octanol–water partition coefficient (Wildman–Crippen LogP) is 3.17. The molecule has 3 N–H and O–H groups in total. The number of aryl methyl sites for hydroxylation is 1. The van der Waals surface area contributed by atoms with Gasteiger partial charge in [-0.05, 0) is 36.2 Å². The summed E-state index contributed by atoms with van der Waals surface area (Å²) in [5.74, 6) is 0.0310. The van der Waals surface area contributed by atoms with Crippen molar-refractivity contribution < 1.29 is 4.39 Å². The number of rotatable bonds is 2. The Bertz CT molecular complexity index is 764. The monoisotopic (exact) mass is 268 g/mol. The zero-order chi connectivity index (χ0) is 14.1. The van der Waals surface area contributed by atoms with E-state index in [1.54, 1.807) is 24.5 Å². The number of hydrogen-bond donors (Lipinski definition) is 2. The van der Waals surface area contributed by atoms with E-state index in [0.29, 0.717) is 16.9 Å². The summed E-state index contributed by atoms with van der Waals surface area (Å²) >= 11 is 0. The van der Waals surface area contributed by atoms with Crippen molar-refractivity contribution >= 4 is 5.82 Å². The normalized spacial score (nSPS) is 10.7. The molecule has 0 saturated carbocycles. The fourth-order valence-corrected chi connectivity index (χ4v) is 2.19. The second-order valence-electron chi connectivity index (χ2n) is 4.62. The van der Waals surface area contributed by atoms with Gasteiger partial charge in [-0.1, -0.05) is 12.1 Å². The molecule has 20 heavy (non-hydrogen) atoms. The SMILES string of the molecule is Cc1cncc(-c2[nH]nc(N)c2-c2cccc(F)c2)c1. The van der Waals surface area contributed by atoms with Gasteiger partial charge in [0.25, 0.3) is 0 Å². The molecule has 0 unspecified atom stereocenters. The lowest BCUT2D eigenvalue weighted by molar-refractivity contribution is 0.628. The fourth-order valence-electron chi connectivity index (χ4n) is 2.19. The van der Waals surface area contributed by atoms with E-state index in [4.69, 9.17) is 5.73 Å². The van der Waals surface area contributed by atoms with Crippen molar-refractivity contribution in [2.45, 2.75) is 6.92 Å². The molecule has 0 fully saturated rings. The molecule has 0 aliphatic carbocycles. The number of benzene rings is 1. The van der Waals surface area contributed by atoms with E-state index in [1.165, 1.54) is 12.1 Å². The van der Waals surface area contributed by atoms with Crippen LogP contribution in [0.15, 0.2) is 42.7 Å². The van der Waals surface area contributed by atoms with Crippen LogP contribution in [0.5, 0.6) is 0 Å². The molecule has 0 radical (unpaired) electrons. The summed E-state index contributed by atoms with van der Waals surface area (Å²) in [6.07, 6.45) is 3.49. The van der Waals surface area contributed by atoms with Crippen LogP contribution < -0.4 is 5.73 Å². The number of nitrogen functional groups attached to an aromatic ring is 1. The topological polar surface area (TPSA) is 67.6 Å². The molecule has 2 heterocycles. The van der Waals surface area contributed by atoms with Gasteiger partial charge < -0.3 is 5.73 Å². The van der Waals surface area contributed by atoms with Crippen molar-refractivity contribution in [3.63, 3.8) is 0 Å². The molecular weight excluding hydrogens is 255 g/mol. The van der Waals surface area contributed by atoms with Gasteiger partial charge in [0.15, 0.2) is 5.82 Å². The number of anilines is 1. The van der Waals surface area contributed by atoms with Crippen LogP contribution >= 0.6 is 0 Å². The van der Waals surface area contributed by atoms with Crippen LogP contribution in [-0.4, -0.2) is 15.2 Å². The summed E-state index contributed by atoms with van der Waals surface area (Å²) in [5, 5.41) is 6.93. The van der Waals surface area contributed by atoms with Crippen LogP contribution in [-0.2, 0) is 0 Å². The van der Waals surface area contributed by atoms with Gasteiger partial charge in [0.05, 0.1) is 11.3 Å². The number of nitrogens with two attached hydrogens (primary N) is 1. The minimum atomic E-state index is -0.309. The molecule has 0 aliphatic heterocycles. The maximum absolute atomic E-state index is 13.4. The van der Waals surface area contributed by atoms with Gasteiger partial charge in [-0.2, -0.15) is 5.10 Å². The molecule has 1 aromatic carbocycles. The van der Waals surface area contributed by atoms with Crippen LogP contribution in [0, 0.1) is 12.7 Å². The molecule has 3 rings (SSSR count). The smallest absolute Gasteiger partial charge is 0.153 e. The quantitative estimate of drug-likeness (QED) is 0.750. The molecular formula is C15H13FN4. The van der Waals surface area contributed by atoms with E-state index in [2.05, 4.69) is 15.2 Å². The van der Waals surface area contributed by atoms with Gasteiger partial charge in [-0.3, -0.25) is 10.1 Å². The highest BCUT2D eigenvalue weighted by atomic mass is 19.1. The predicted molar refractivity (Wildman–Crippen MR) is 76.4 cm³/mol. The molecule has 0 spiro atoms. The van der Waals surface area contributed by atoms with Crippen LogP contribution in [0.3, 0.4) is 0 Å². The van der Waals surface area contributed by atoms with Gasteiger partial charge in [-0.15, -0.1) is 0 Å². The van der Waals surface area contributed by atoms with Gasteiger partial charge >= 0.3 is 0 Å². The molecule has 0 aliphatic rings. The summed E-state index contributed by atoms with van der Waals surface area (Å²) in [6.45, 7) is 1.96. The van der Waals surface area contributed by atoms with Crippen molar-refractivity contribution in [2.75, 3.05) is 5.73 Å². The number of aromatic amines is 1. The van der Waals surface area contributed by atoms with Gasteiger partial charge in [0.1, 0.15) is 5.82 Å². The molecule has 0 saturated heterocycles. The zero-order valence-electron chi connectivity index (χ0n) is 10.9. The third-order valence-corrected chi connectivity index (χ3v) is 3.07. The Morgan fingerprint density at radius 1 is 1.15 bits per heavy atom. The Hall–Kier alpha value is -2.69. The van der Waals surface area contributed by atoms with Gasteiger partial charge in [0.2, 0.25) is 0 Å². The van der Waals surface area contributed by atoms with Crippen LogP contribution in [0.4, 0.5) is 10.2 Å². The standard InChI is InChI=1S/C15H13FN4/c1-9-5-11(8-18-7-9)14-13(15(17)20-19-14)10-3-2-4-12(16)6-10/h2-8H,1H3,(H3,17,19,20). The molecule has 0 atom stereocenters. The third kappa shape index (κ3) is 2.14. The molecule has 2 aromatic heterocycles. The lowest BCUT2D eigenvalue weighted by atomic mass is 10.0. The summed E-state index contributed by atoms with van der Waals surface area (Å²) in [5.41, 5.74) is 9.93. The lowest BCUT2D eigenvalue weighted by Gasteiger charge is -2.05. The first-order valence-corrected chi connectivity index (χ1v) is 6.17. The summed E-state index contributed by atoms with van der Waals surface area (Å²) in [7, 11) is 0. The van der Waals surface area contributed by atoms with E-state index in [-0.39, 0.29) is 5.82 Å². The highest BCUT2D eigenvalue weighted by Crippen LogP contribution is 2.34. The Balaban J connectivity index is 2.20. The molecule has 0 bridgehead atoms. The van der Waals surface area contributed by atoms with E-state index in [9.17, 15) is 4.39 Å². The first-order chi connectivity index (χ1) is 9.65. The molecule has 3 aromatic rings. The number of halogens is 1. The summed E-state index contributed by atoms with van der Waals surface area (Å²) in [4.78, 5) is 4.16. The molecule has 0 amide bonds. The highest BCUT2D eigenvalue weighted by molar-refractivity contribution is 5.87. The largest absolute Gasteiger partial charge is 0.382 e. The zero-order valence-corrected chi connectivity index (χ0v) is 10.9. The second kappa shape index (κ2) is 4.77. The highest BCUT2D eigenvalue weighted by Gasteiger charge is 2.15. The third-order valence-electron chi connectivity index (χ3n) is 3.07. The summed E-state index contributed by atoms with van der Waals surface area (Å²) in [6, 6.07) is 8.26. The van der Waals surface area contributed by atoms with Crippen molar-refractivity contribution in [2.24, 2.45) is 0 Å². The van der Waals surface area contributed by atoms with Gasteiger partial charge in [-0.25, -0.2) is 4.39 Å². The maximum Gasteiger partial charge on any atom is 0.153 e. The number of hydrogen-bond acceptors (Lipinski definition) is 3. The average molecular weight is 268 g/mol. The van der Waals surface area contributed by atoms with Crippen molar-refractivity contribution in [1.29, 1.82) is 0 Å². The van der Waals surface area contributed by atoms with E-state index in [1.807, 2.05) is 13.0 Å². The number of pyridine rings is 1. The van der Waals surface area contributed by atoms with Crippen LogP contribution in [0.25, 0.3) is 22.4 Å². The lowest BCUT2D eigenvalue weighted by Crippen LogP contribution is -1.90. The first kappa shape index (κ1) is 12.3. The Kier molecular flexibility index (Phi) is 2.95. The maximum atomic E-state index is 13.4. The van der Waals surface area contributed by atoms with Crippen molar-refractivity contribution in [3.05, 3.63) is 54.1 Å². The van der Waals surface area contributed by atoms with E-state index < -0.39 is 0 Å². The Morgan fingerprint density at radius 3 is 2.75 bits per heavy atom. The van der Waals surface area contributed by atoms with Crippen LogP contribution in [0.1, 0.15) is 5.56 Å². The second-order valence-corrected chi connectivity index (χ2v) is 4.62. The van der Waals surface area contributed by atoms with E-state index in [0.717, 1.165) is 16.8 Å².